The Labute approximate surface area is 316 Å². The fourth-order valence-corrected chi connectivity index (χ4v) is 12.8. The number of hydrogen-bond donors (Lipinski definition) is 2. The number of fused-ring (bicyclic) bond motifs is 7. The Morgan fingerprint density at radius 2 is 1.70 bits per heavy atom. The van der Waals surface area contributed by atoms with Gasteiger partial charge in [0.05, 0.1) is 23.6 Å². The first-order chi connectivity index (χ1) is 24.6. The SMILES string of the molecule is CC(C)C1=C2[C@H]3CC[C@@H]4[C@@]5(C)CC[C@H](OC(=O)CC(C)(C)C(=O)O)C(C)(C)[C@@H]5CC[C@@]4(C)[C@]3(C)CC[C@@]2(C=CC(=O)N[C@H](C)c2ccncn2)CC1=O. The van der Waals surface area contributed by atoms with Crippen molar-refractivity contribution in [3.63, 3.8) is 0 Å². The van der Waals surface area contributed by atoms with Gasteiger partial charge < -0.3 is 15.2 Å². The topological polar surface area (TPSA) is 136 Å². The number of allylic oxidation sites excluding steroid dienone is 3. The minimum absolute atomic E-state index is 0.0129. The van der Waals surface area contributed by atoms with E-state index in [4.69, 9.17) is 4.74 Å². The number of aliphatic carboxylic acids is 1. The molecule has 1 heterocycles. The van der Waals surface area contributed by atoms with E-state index in [1.54, 1.807) is 32.2 Å². The van der Waals surface area contributed by atoms with Gasteiger partial charge >= 0.3 is 11.9 Å². The Bertz CT molecular complexity index is 1710. The summed E-state index contributed by atoms with van der Waals surface area (Å²) >= 11 is 0. The van der Waals surface area contributed by atoms with Crippen molar-refractivity contribution in [2.45, 2.75) is 146 Å². The Morgan fingerprint density at radius 3 is 2.34 bits per heavy atom. The van der Waals surface area contributed by atoms with Gasteiger partial charge in [0.1, 0.15) is 12.4 Å². The van der Waals surface area contributed by atoms with Gasteiger partial charge in [-0.15, -0.1) is 0 Å². The highest BCUT2D eigenvalue weighted by molar-refractivity contribution is 6.01. The van der Waals surface area contributed by atoms with E-state index in [1.165, 1.54) is 11.9 Å². The molecule has 0 aromatic carbocycles. The van der Waals surface area contributed by atoms with Gasteiger partial charge in [-0.3, -0.25) is 19.2 Å². The molecule has 0 spiro atoms. The Hall–Kier alpha value is -3.36. The standard InChI is InChI=1S/C44H63N3O6/c1-26(2)36-30(48)23-44(19-15-34(49)47-27(3)29-16-22-45-25-46-29)21-20-42(9)28(37(36)44)11-12-32-41(8)17-14-33(53-35(50)24-39(4,5)38(51)52)40(6,7)31(41)13-18-43(32,42)10/h15-16,19,22,25-28,31-33H,11-14,17-18,20-21,23-24H2,1-10H3,(H,47,49)(H,51,52)/t27-,28-,31+,32-,33+,41+,42-,43-,44+/m1/s1. The van der Waals surface area contributed by atoms with Gasteiger partial charge in [-0.2, -0.15) is 0 Å². The molecule has 4 fully saturated rings. The van der Waals surface area contributed by atoms with E-state index in [-0.39, 0.29) is 63.8 Å². The lowest BCUT2D eigenvalue weighted by molar-refractivity contribution is -0.232. The van der Waals surface area contributed by atoms with E-state index in [0.717, 1.165) is 62.6 Å². The molecule has 1 aromatic heterocycles. The Balaban J connectivity index is 1.27. The van der Waals surface area contributed by atoms with Crippen molar-refractivity contribution >= 4 is 23.6 Å². The highest BCUT2D eigenvalue weighted by Crippen LogP contribution is 2.77. The number of hydrogen-bond acceptors (Lipinski definition) is 7. The van der Waals surface area contributed by atoms with Crippen LogP contribution in [0.2, 0.25) is 0 Å². The molecule has 1 amide bonds. The molecule has 0 radical (unpaired) electrons. The highest BCUT2D eigenvalue weighted by atomic mass is 16.5. The largest absolute Gasteiger partial charge is 0.481 e. The molecule has 5 aliphatic carbocycles. The van der Waals surface area contributed by atoms with Crippen LogP contribution in [-0.2, 0) is 23.9 Å². The minimum Gasteiger partial charge on any atom is -0.481 e. The van der Waals surface area contributed by atoms with Crippen molar-refractivity contribution in [1.82, 2.24) is 15.3 Å². The first kappa shape index (κ1) is 39.3. The number of aromatic nitrogens is 2. The zero-order valence-electron chi connectivity index (χ0n) is 33.8. The maximum atomic E-state index is 14.0. The number of carbonyl (C=O) groups is 4. The van der Waals surface area contributed by atoms with Crippen LogP contribution in [0.1, 0.15) is 145 Å². The number of amides is 1. The van der Waals surface area contributed by atoms with Crippen LogP contribution >= 0.6 is 0 Å². The molecule has 0 unspecified atom stereocenters. The van der Waals surface area contributed by atoms with Crippen molar-refractivity contribution in [2.75, 3.05) is 0 Å². The monoisotopic (exact) mass is 729 g/mol. The zero-order valence-corrected chi connectivity index (χ0v) is 33.8. The maximum absolute atomic E-state index is 14.0. The van der Waals surface area contributed by atoms with Crippen LogP contribution in [0.4, 0.5) is 0 Å². The number of carbonyl (C=O) groups excluding carboxylic acids is 3. The molecule has 0 aliphatic heterocycles. The number of Topliss-reactive ketones (excluding diaryl/α,β-unsaturated/α-hetero) is 1. The fourth-order valence-electron chi connectivity index (χ4n) is 12.8. The lowest BCUT2D eigenvalue weighted by Gasteiger charge is -2.72. The van der Waals surface area contributed by atoms with Crippen LogP contribution in [-0.4, -0.2) is 44.8 Å². The summed E-state index contributed by atoms with van der Waals surface area (Å²) in [5.74, 6) is -0.149. The van der Waals surface area contributed by atoms with Gasteiger partial charge in [0, 0.05) is 23.4 Å². The van der Waals surface area contributed by atoms with Crippen LogP contribution in [0, 0.1) is 56.2 Å². The molecule has 1 aromatic rings. The summed E-state index contributed by atoms with van der Waals surface area (Å²) in [7, 11) is 0. The van der Waals surface area contributed by atoms with Gasteiger partial charge in [-0.25, -0.2) is 9.97 Å². The Morgan fingerprint density at radius 1 is 0.981 bits per heavy atom. The normalized spacial score (nSPS) is 37.0. The molecule has 9 nitrogen and oxygen atoms in total. The van der Waals surface area contributed by atoms with Crippen molar-refractivity contribution in [2.24, 2.45) is 56.2 Å². The summed E-state index contributed by atoms with van der Waals surface area (Å²) < 4.78 is 6.16. The van der Waals surface area contributed by atoms with E-state index in [2.05, 4.69) is 69.8 Å². The van der Waals surface area contributed by atoms with Gasteiger partial charge in [0.15, 0.2) is 5.78 Å². The molecular formula is C44H63N3O6. The summed E-state index contributed by atoms with van der Waals surface area (Å²) in [6, 6.07) is 1.54. The number of esters is 1. The van der Waals surface area contributed by atoms with Gasteiger partial charge in [0.2, 0.25) is 5.91 Å². The van der Waals surface area contributed by atoms with E-state index in [1.807, 2.05) is 6.92 Å². The molecule has 290 valence electrons. The summed E-state index contributed by atoms with van der Waals surface area (Å²) in [5, 5.41) is 12.7. The smallest absolute Gasteiger partial charge is 0.309 e. The molecule has 2 N–H and O–H groups in total. The van der Waals surface area contributed by atoms with Crippen LogP contribution in [0.15, 0.2) is 41.9 Å². The lowest BCUT2D eigenvalue weighted by Crippen LogP contribution is -2.65. The second kappa shape index (κ2) is 13.4. The minimum atomic E-state index is -1.17. The highest BCUT2D eigenvalue weighted by Gasteiger charge is 2.70. The number of ketones is 1. The zero-order chi connectivity index (χ0) is 38.9. The van der Waals surface area contributed by atoms with Crippen molar-refractivity contribution in [1.29, 1.82) is 0 Å². The van der Waals surface area contributed by atoms with Crippen molar-refractivity contribution in [3.8, 4) is 0 Å². The number of carboxylic acid groups (broad SMARTS) is 1. The fraction of sp³-hybridized carbons (Fsp3) is 0.727. The van der Waals surface area contributed by atoms with Gasteiger partial charge in [-0.05, 0) is 135 Å². The molecule has 0 bridgehead atoms. The molecule has 5 aliphatic rings. The third-order valence-electron chi connectivity index (χ3n) is 15.8. The quantitative estimate of drug-likeness (QED) is 0.191. The Kier molecular flexibility index (Phi) is 9.97. The molecule has 9 heteroatoms. The average molecular weight is 730 g/mol. The van der Waals surface area contributed by atoms with Crippen molar-refractivity contribution in [3.05, 3.63) is 47.6 Å². The number of ether oxygens (including phenoxy) is 1. The van der Waals surface area contributed by atoms with E-state index in [9.17, 15) is 24.3 Å². The predicted molar refractivity (Wildman–Crippen MR) is 203 cm³/mol. The van der Waals surface area contributed by atoms with Crippen LogP contribution in [0.25, 0.3) is 0 Å². The summed E-state index contributed by atoms with van der Waals surface area (Å²) in [6.07, 6.45) is 14.8. The van der Waals surface area contributed by atoms with Crippen LogP contribution in [0.5, 0.6) is 0 Å². The summed E-state index contributed by atoms with van der Waals surface area (Å²) in [5.41, 5.74) is 1.28. The first-order valence-corrected chi connectivity index (χ1v) is 20.1. The third-order valence-corrected chi connectivity index (χ3v) is 15.8. The van der Waals surface area contributed by atoms with E-state index >= 15 is 0 Å². The average Bonchev–Trinajstić information content (AvgIpc) is 3.38. The second-order valence-corrected chi connectivity index (χ2v) is 19.8. The molecule has 9 atom stereocenters. The summed E-state index contributed by atoms with van der Waals surface area (Å²) in [6.45, 7) is 21.5. The van der Waals surface area contributed by atoms with Gasteiger partial charge in [-0.1, -0.05) is 54.5 Å². The van der Waals surface area contributed by atoms with E-state index < -0.39 is 22.8 Å². The molecular weight excluding hydrogens is 666 g/mol. The predicted octanol–water partition coefficient (Wildman–Crippen LogP) is 8.60. The molecule has 0 saturated heterocycles. The number of nitrogens with one attached hydrogen (secondary N) is 1. The summed E-state index contributed by atoms with van der Waals surface area (Å²) in [4.78, 5) is 60.4. The molecule has 4 saturated carbocycles. The molecule has 6 rings (SSSR count). The number of carboxylic acids is 1. The van der Waals surface area contributed by atoms with Crippen LogP contribution in [0.3, 0.4) is 0 Å². The first-order valence-electron chi connectivity index (χ1n) is 20.1. The maximum Gasteiger partial charge on any atom is 0.309 e. The van der Waals surface area contributed by atoms with E-state index in [0.29, 0.717) is 18.3 Å². The number of rotatable bonds is 9. The molecule has 53 heavy (non-hydrogen) atoms. The second-order valence-electron chi connectivity index (χ2n) is 19.8. The van der Waals surface area contributed by atoms with Gasteiger partial charge in [0.25, 0.3) is 0 Å². The van der Waals surface area contributed by atoms with Crippen LogP contribution < -0.4 is 5.32 Å². The van der Waals surface area contributed by atoms with Crippen molar-refractivity contribution < 1.29 is 29.0 Å². The number of nitrogens with zero attached hydrogens (tertiary/aromatic N) is 2. The lowest BCUT2D eigenvalue weighted by atomic mass is 9.33. The third kappa shape index (κ3) is 6.30.